The lowest BCUT2D eigenvalue weighted by molar-refractivity contribution is 0.199. The van der Waals surface area contributed by atoms with Crippen LogP contribution < -0.4 is 0 Å². The van der Waals surface area contributed by atoms with Crippen molar-refractivity contribution in [1.82, 2.24) is 0 Å². The van der Waals surface area contributed by atoms with Crippen LogP contribution in [0, 0.1) is 0 Å². The molecular weight excluding hydrogens is 116 g/mol. The van der Waals surface area contributed by atoms with Crippen molar-refractivity contribution in [2.45, 2.75) is 19.8 Å². The van der Waals surface area contributed by atoms with Gasteiger partial charge in [0.05, 0.1) is 6.61 Å². The maximum Gasteiger partial charge on any atom is 0.0856 e. The smallest absolute Gasteiger partial charge is 0.0856 e. The second-order valence-corrected chi connectivity index (χ2v) is 1.37. The predicted octanol–water partition coefficient (Wildman–Crippen LogP) is 0.322. The summed E-state index contributed by atoms with van der Waals surface area (Å²) in [5.41, 5.74) is 0. The lowest BCUT2D eigenvalue weighted by atomic mass is 10.3. The molecule has 0 aromatic heterocycles. The summed E-state index contributed by atoms with van der Waals surface area (Å²) < 4.78 is 0. The molecule has 1 nitrogen and oxygen atoms in total. The van der Waals surface area contributed by atoms with Crippen LogP contribution in [0.3, 0.4) is 0 Å². The van der Waals surface area contributed by atoms with Gasteiger partial charge in [0, 0.05) is 0 Å². The SMILES string of the molecule is CC/C=C\CC[O].[SiH4]. The molecule has 0 bridgehead atoms. The second kappa shape index (κ2) is 10.0. The fraction of sp³-hybridized carbons (Fsp3) is 0.667. The number of rotatable bonds is 3. The highest BCUT2D eigenvalue weighted by Gasteiger charge is 1.70. The van der Waals surface area contributed by atoms with E-state index in [0.29, 0.717) is 6.42 Å². The minimum Gasteiger partial charge on any atom is -0.236 e. The zero-order valence-electron chi connectivity index (χ0n) is 4.68. The van der Waals surface area contributed by atoms with Crippen LogP contribution >= 0.6 is 0 Å². The molecule has 0 heterocycles. The average Bonchev–Trinajstić information content (AvgIpc) is 1.69. The summed E-state index contributed by atoms with van der Waals surface area (Å²) in [5.74, 6) is 0. The summed E-state index contributed by atoms with van der Waals surface area (Å²) in [5, 5.41) is 9.75. The highest BCUT2D eigenvalue weighted by Crippen LogP contribution is 1.82. The molecule has 1 radical (unpaired) electrons. The van der Waals surface area contributed by atoms with Gasteiger partial charge in [0.1, 0.15) is 0 Å². The third-order valence-corrected chi connectivity index (χ3v) is 0.687. The van der Waals surface area contributed by atoms with E-state index in [1.54, 1.807) is 0 Å². The van der Waals surface area contributed by atoms with Gasteiger partial charge < -0.3 is 0 Å². The monoisotopic (exact) mass is 131 g/mol. The molecule has 0 fully saturated rings. The maximum absolute atomic E-state index is 9.75. The molecule has 0 atom stereocenters. The van der Waals surface area contributed by atoms with Crippen LogP contribution in [0.5, 0.6) is 0 Å². The molecule has 0 N–H and O–H groups in total. The van der Waals surface area contributed by atoms with E-state index in [1.807, 2.05) is 12.2 Å². The molecule has 8 heavy (non-hydrogen) atoms. The summed E-state index contributed by atoms with van der Waals surface area (Å²) in [6.07, 6.45) is 5.67. The van der Waals surface area contributed by atoms with Gasteiger partial charge in [0.2, 0.25) is 0 Å². The van der Waals surface area contributed by atoms with Gasteiger partial charge in [0.15, 0.2) is 0 Å². The van der Waals surface area contributed by atoms with Crippen LogP contribution in [-0.4, -0.2) is 17.6 Å². The van der Waals surface area contributed by atoms with Crippen molar-refractivity contribution in [2.24, 2.45) is 0 Å². The van der Waals surface area contributed by atoms with Crippen molar-refractivity contribution in [3.05, 3.63) is 12.2 Å². The summed E-state index contributed by atoms with van der Waals surface area (Å²) in [4.78, 5) is 0. The van der Waals surface area contributed by atoms with Gasteiger partial charge in [0.25, 0.3) is 0 Å². The molecule has 0 unspecified atom stereocenters. The van der Waals surface area contributed by atoms with Gasteiger partial charge in [-0.2, -0.15) is 0 Å². The first-order valence-corrected chi connectivity index (χ1v) is 2.65. The van der Waals surface area contributed by atoms with Crippen LogP contribution in [0.1, 0.15) is 19.8 Å². The Labute approximate surface area is 55.4 Å². The van der Waals surface area contributed by atoms with E-state index in [1.165, 1.54) is 0 Å². The number of hydrogen-bond acceptors (Lipinski definition) is 0. The molecule has 0 saturated carbocycles. The predicted molar refractivity (Wildman–Crippen MR) is 40.9 cm³/mol. The Morgan fingerprint density at radius 3 is 2.38 bits per heavy atom. The fourth-order valence-electron chi connectivity index (χ4n) is 0.353. The quantitative estimate of drug-likeness (QED) is 0.388. The molecule has 0 saturated heterocycles. The van der Waals surface area contributed by atoms with Gasteiger partial charge in [-0.15, -0.1) is 0 Å². The molecule has 0 aromatic carbocycles. The van der Waals surface area contributed by atoms with Crippen molar-refractivity contribution >= 4 is 11.0 Å². The first-order valence-electron chi connectivity index (χ1n) is 2.65. The average molecular weight is 131 g/mol. The van der Waals surface area contributed by atoms with E-state index in [0.717, 1.165) is 6.42 Å². The Bertz CT molecular complexity index is 52.5. The van der Waals surface area contributed by atoms with E-state index in [9.17, 15) is 5.11 Å². The zero-order valence-corrected chi connectivity index (χ0v) is 4.68. The number of hydrogen-bond donors (Lipinski definition) is 0. The molecule has 0 rings (SSSR count). The van der Waals surface area contributed by atoms with Crippen LogP contribution in [0.2, 0.25) is 0 Å². The van der Waals surface area contributed by atoms with Gasteiger partial charge >= 0.3 is 0 Å². The van der Waals surface area contributed by atoms with Crippen LogP contribution in [0.25, 0.3) is 0 Å². The Balaban J connectivity index is 0. The molecule has 2 heteroatoms. The minimum atomic E-state index is 0. The van der Waals surface area contributed by atoms with Gasteiger partial charge in [-0.1, -0.05) is 19.1 Å². The van der Waals surface area contributed by atoms with Crippen molar-refractivity contribution in [3.63, 3.8) is 0 Å². The minimum absolute atomic E-state index is 0. The molecule has 0 aliphatic heterocycles. The maximum atomic E-state index is 9.75. The molecule has 0 aliphatic rings. The Morgan fingerprint density at radius 1 is 1.38 bits per heavy atom. The second-order valence-electron chi connectivity index (χ2n) is 1.37. The van der Waals surface area contributed by atoms with E-state index in [2.05, 4.69) is 6.92 Å². The lowest BCUT2D eigenvalue weighted by Crippen LogP contribution is -1.71. The van der Waals surface area contributed by atoms with Crippen LogP contribution in [-0.2, 0) is 5.11 Å². The molecule has 0 aromatic rings. The first kappa shape index (κ1) is 10.8. The van der Waals surface area contributed by atoms with E-state index in [-0.39, 0.29) is 17.6 Å². The van der Waals surface area contributed by atoms with Crippen molar-refractivity contribution in [1.29, 1.82) is 0 Å². The normalized spacial score (nSPS) is 9.25. The van der Waals surface area contributed by atoms with Crippen LogP contribution in [0.15, 0.2) is 12.2 Å². The molecule has 0 amide bonds. The third kappa shape index (κ3) is 9.32. The molecule has 0 aliphatic carbocycles. The highest BCUT2D eigenvalue weighted by atomic mass is 28.1. The topological polar surface area (TPSA) is 19.9 Å². The van der Waals surface area contributed by atoms with Crippen molar-refractivity contribution in [3.8, 4) is 0 Å². The molecule has 0 spiro atoms. The van der Waals surface area contributed by atoms with Gasteiger partial charge in [-0.05, 0) is 23.8 Å². The zero-order chi connectivity index (χ0) is 5.54. The Kier molecular flexibility index (Phi) is 13.5. The van der Waals surface area contributed by atoms with E-state index >= 15 is 0 Å². The largest absolute Gasteiger partial charge is 0.236 e. The van der Waals surface area contributed by atoms with Crippen molar-refractivity contribution in [2.75, 3.05) is 6.61 Å². The third-order valence-electron chi connectivity index (χ3n) is 0.687. The van der Waals surface area contributed by atoms with E-state index < -0.39 is 0 Å². The van der Waals surface area contributed by atoms with Crippen molar-refractivity contribution < 1.29 is 5.11 Å². The van der Waals surface area contributed by atoms with Gasteiger partial charge in [-0.3, -0.25) is 0 Å². The van der Waals surface area contributed by atoms with E-state index in [4.69, 9.17) is 0 Å². The fourth-order valence-corrected chi connectivity index (χ4v) is 0.353. The highest BCUT2D eigenvalue weighted by molar-refractivity contribution is 5.75. The standard InChI is InChI=1S/C6H11O.H4Si/c1-2-3-4-5-6-7;/h3-4H,2,5-6H2,1H3;1H4/b4-3-;. The van der Waals surface area contributed by atoms with Gasteiger partial charge in [-0.25, -0.2) is 5.11 Å². The molecule has 49 valence electrons. The summed E-state index contributed by atoms with van der Waals surface area (Å²) in [7, 11) is 0. The number of allylic oxidation sites excluding steroid dienone is 1. The summed E-state index contributed by atoms with van der Waals surface area (Å²) in [6.45, 7) is 2.08. The summed E-state index contributed by atoms with van der Waals surface area (Å²) >= 11 is 0. The van der Waals surface area contributed by atoms with Crippen LogP contribution in [0.4, 0.5) is 0 Å². The Hall–Kier alpha value is -0.0831. The first-order chi connectivity index (χ1) is 3.41. The Morgan fingerprint density at radius 2 is 2.00 bits per heavy atom. The molecular formula is C6H15OSi. The lowest BCUT2D eigenvalue weighted by Gasteiger charge is -1.77. The summed E-state index contributed by atoms with van der Waals surface area (Å²) in [6, 6.07) is 0.